The van der Waals surface area contributed by atoms with Gasteiger partial charge in [-0.15, -0.1) is 0 Å². The number of rotatable bonds is 14. The van der Waals surface area contributed by atoms with Gasteiger partial charge in [-0.2, -0.15) is 0 Å². The van der Waals surface area contributed by atoms with E-state index in [1.54, 1.807) is 59.4 Å². The molecule has 1 saturated heterocycles. The van der Waals surface area contributed by atoms with Crippen molar-refractivity contribution in [2.45, 2.75) is 56.8 Å². The van der Waals surface area contributed by atoms with Gasteiger partial charge in [0.25, 0.3) is 17.5 Å². The molecule has 5 aromatic carbocycles. The molecule has 3 amide bonds. The molecule has 59 heavy (non-hydrogen) atoms. The van der Waals surface area contributed by atoms with Crippen LogP contribution in [0.2, 0.25) is 18.6 Å². The number of carbonyl (C=O) groups excluding carboxylic acids is 3. The third-order valence-corrected chi connectivity index (χ3v) is 16.3. The highest BCUT2D eigenvalue weighted by Gasteiger charge is 2.66. The largest absolute Gasteiger partial charge is 0.497 e. The van der Waals surface area contributed by atoms with Crippen LogP contribution in [-0.2, 0) is 33.0 Å². The van der Waals surface area contributed by atoms with Crippen LogP contribution in [0.1, 0.15) is 40.4 Å². The highest BCUT2D eigenvalue weighted by atomic mass is 28.3. The van der Waals surface area contributed by atoms with Gasteiger partial charge in [0.15, 0.2) is 5.60 Å². The van der Waals surface area contributed by atoms with Crippen LogP contribution in [0, 0.1) is 16.0 Å². The van der Waals surface area contributed by atoms with E-state index in [1.807, 2.05) is 79.7 Å². The molecule has 1 fully saturated rings. The zero-order valence-corrected chi connectivity index (χ0v) is 34.5. The molecule has 1 spiro atoms. The number of ether oxygens (including phenoxy) is 2. The Labute approximate surface area is 344 Å². The zero-order chi connectivity index (χ0) is 41.9. The lowest BCUT2D eigenvalue weighted by molar-refractivity contribution is -0.385. The Hall–Kier alpha value is -6.15. The number of aliphatic hydroxyl groups excluding tert-OH is 1. The Morgan fingerprint density at radius 3 is 2.22 bits per heavy atom. The third kappa shape index (κ3) is 8.01. The summed E-state index contributed by atoms with van der Waals surface area (Å²) < 4.78 is 12.6. The minimum Gasteiger partial charge on any atom is -0.497 e. The molecule has 0 radical (unpaired) electrons. The lowest BCUT2D eigenvalue weighted by atomic mass is 9.82. The first-order valence-corrected chi connectivity index (χ1v) is 22.8. The number of benzene rings is 5. The first-order chi connectivity index (χ1) is 28.4. The van der Waals surface area contributed by atoms with E-state index in [4.69, 9.17) is 9.47 Å². The van der Waals surface area contributed by atoms with Crippen LogP contribution in [0.4, 0.5) is 17.1 Å². The Balaban J connectivity index is 1.26. The first-order valence-electron chi connectivity index (χ1n) is 19.7. The lowest BCUT2D eigenvalue weighted by Gasteiger charge is -2.37. The molecule has 2 aliphatic heterocycles. The summed E-state index contributed by atoms with van der Waals surface area (Å²) in [5, 5.41) is 26.3. The van der Waals surface area contributed by atoms with Crippen LogP contribution in [-0.4, -0.2) is 67.1 Å². The van der Waals surface area contributed by atoms with Gasteiger partial charge in [0.05, 0.1) is 51.5 Å². The summed E-state index contributed by atoms with van der Waals surface area (Å²) in [6.07, 6.45) is -0.814. The zero-order valence-electron chi connectivity index (χ0n) is 33.5. The number of hydrogen-bond donors (Lipinski definition) is 2. The summed E-state index contributed by atoms with van der Waals surface area (Å²) >= 11 is 0. The number of fused-ring (bicyclic) bond motifs is 2. The molecular weight excluding hydrogens is 765 g/mol. The number of nitro groups is 1. The SMILES string of the molecule is COc1ccc([Si](C)(C)[C@@H]2[C@@H](CC(=O)N(CCO)Cc3ccccc3)O[C@]3(C(=O)N(Cc4ccc(NC(=O)c5ccccc5)cc4)c4ccc([N+](=O)[O-])cc43)[C@H]2C)cc1. The van der Waals surface area contributed by atoms with Gasteiger partial charge in [0.2, 0.25) is 5.91 Å². The van der Waals surface area contributed by atoms with Crippen LogP contribution < -0.4 is 20.1 Å². The predicted octanol–water partition coefficient (Wildman–Crippen LogP) is 7.03. The van der Waals surface area contributed by atoms with Crippen LogP contribution in [0.5, 0.6) is 5.75 Å². The van der Waals surface area contributed by atoms with Crippen molar-refractivity contribution in [3.8, 4) is 5.75 Å². The fraction of sp³-hybridized carbons (Fsp3) is 0.283. The Bertz CT molecular complexity index is 2330. The van der Waals surface area contributed by atoms with Gasteiger partial charge in [0.1, 0.15) is 5.75 Å². The molecule has 5 aromatic rings. The van der Waals surface area contributed by atoms with E-state index >= 15 is 4.79 Å². The summed E-state index contributed by atoms with van der Waals surface area (Å²) in [7, 11) is -1.06. The second kappa shape index (κ2) is 17.0. The number of nitrogens with one attached hydrogen (secondary N) is 1. The summed E-state index contributed by atoms with van der Waals surface area (Å²) in [5.74, 6) is -0.660. The van der Waals surface area contributed by atoms with Crippen molar-refractivity contribution in [2.24, 2.45) is 5.92 Å². The van der Waals surface area contributed by atoms with E-state index < -0.39 is 30.6 Å². The highest BCUT2D eigenvalue weighted by molar-refractivity contribution is 6.91. The standard InChI is InChI=1S/C46H48N4O8Si/c1-31-43(59(3,4)38-22-20-37(57-2)21-23-38)41(28-42(52)48(25-26-51)29-32-11-7-5-8-12-32)58-46(31)39-27-36(50(55)56)19-24-40(39)49(45(46)54)30-33-15-17-35(18-16-33)47-44(53)34-13-9-6-10-14-34/h5-24,27,31,41,43,51H,25-26,28-30H2,1-4H3,(H,47,53)/t31-,41+,43-,46+/m0/s1. The van der Waals surface area contributed by atoms with Crippen molar-refractivity contribution in [3.63, 3.8) is 0 Å². The number of aliphatic hydroxyl groups is 1. The smallest absolute Gasteiger partial charge is 0.269 e. The fourth-order valence-electron chi connectivity index (χ4n) is 8.96. The predicted molar refractivity (Wildman–Crippen MR) is 228 cm³/mol. The second-order valence-electron chi connectivity index (χ2n) is 15.8. The van der Waals surface area contributed by atoms with Gasteiger partial charge >= 0.3 is 0 Å². The molecule has 304 valence electrons. The number of carbonyl (C=O) groups is 3. The van der Waals surface area contributed by atoms with Crippen molar-refractivity contribution in [3.05, 3.63) is 160 Å². The van der Waals surface area contributed by atoms with Crippen molar-refractivity contribution >= 4 is 48.0 Å². The molecule has 2 heterocycles. The molecule has 0 unspecified atom stereocenters. The summed E-state index contributed by atoms with van der Waals surface area (Å²) in [5.41, 5.74) is 1.54. The number of nitrogens with zero attached hydrogens (tertiary/aromatic N) is 3. The maximum absolute atomic E-state index is 15.3. The lowest BCUT2D eigenvalue weighted by Crippen LogP contribution is -2.52. The summed E-state index contributed by atoms with van der Waals surface area (Å²) in [6, 6.07) is 37.9. The van der Waals surface area contributed by atoms with E-state index in [0.717, 1.165) is 16.3 Å². The molecule has 7 rings (SSSR count). The van der Waals surface area contributed by atoms with Crippen LogP contribution in [0.3, 0.4) is 0 Å². The third-order valence-electron chi connectivity index (χ3n) is 11.9. The maximum Gasteiger partial charge on any atom is 0.269 e. The number of anilines is 2. The molecule has 2 N–H and O–H groups in total. The normalized spacial score (nSPS) is 19.7. The van der Waals surface area contributed by atoms with E-state index in [2.05, 4.69) is 18.4 Å². The topological polar surface area (TPSA) is 152 Å². The molecule has 4 atom stereocenters. The second-order valence-corrected chi connectivity index (χ2v) is 20.4. The Morgan fingerprint density at radius 1 is 0.932 bits per heavy atom. The average Bonchev–Trinajstić information content (AvgIpc) is 3.67. The average molecular weight is 813 g/mol. The summed E-state index contributed by atoms with van der Waals surface area (Å²) in [6.45, 7) is 6.67. The van der Waals surface area contributed by atoms with Crippen LogP contribution in [0.15, 0.2) is 127 Å². The van der Waals surface area contributed by atoms with E-state index in [9.17, 15) is 24.8 Å². The van der Waals surface area contributed by atoms with Crippen molar-refractivity contribution < 1.29 is 33.9 Å². The number of methoxy groups -OCH3 is 1. The monoisotopic (exact) mass is 812 g/mol. The van der Waals surface area contributed by atoms with Gasteiger partial charge < -0.3 is 29.7 Å². The molecule has 12 nitrogen and oxygen atoms in total. The Morgan fingerprint density at radius 2 is 1.59 bits per heavy atom. The molecule has 0 saturated carbocycles. The number of hydrogen-bond acceptors (Lipinski definition) is 8. The van der Waals surface area contributed by atoms with Crippen LogP contribution >= 0.6 is 0 Å². The summed E-state index contributed by atoms with van der Waals surface area (Å²) in [4.78, 5) is 57.5. The van der Waals surface area contributed by atoms with Crippen molar-refractivity contribution in [1.82, 2.24) is 4.90 Å². The molecule has 0 aliphatic carbocycles. The van der Waals surface area contributed by atoms with Gasteiger partial charge in [-0.25, -0.2) is 0 Å². The van der Waals surface area contributed by atoms with Gasteiger partial charge in [0, 0.05) is 48.0 Å². The number of amides is 3. The molecule has 0 bridgehead atoms. The number of non-ortho nitro benzene ring substituents is 1. The van der Waals surface area contributed by atoms with Gasteiger partial charge in [-0.05, 0) is 59.1 Å². The van der Waals surface area contributed by atoms with E-state index in [-0.39, 0.29) is 61.6 Å². The van der Waals surface area contributed by atoms with Crippen molar-refractivity contribution in [1.29, 1.82) is 0 Å². The quantitative estimate of drug-likeness (QED) is 0.0690. The molecule has 0 aromatic heterocycles. The minimum absolute atomic E-state index is 0.0656. The van der Waals surface area contributed by atoms with Crippen molar-refractivity contribution in [2.75, 3.05) is 30.5 Å². The maximum atomic E-state index is 15.3. The highest BCUT2D eigenvalue weighted by Crippen LogP contribution is 2.60. The number of nitro benzene ring substituents is 1. The first kappa shape index (κ1) is 41.0. The van der Waals surface area contributed by atoms with E-state index in [1.165, 1.54) is 12.1 Å². The minimum atomic E-state index is -2.66. The van der Waals surface area contributed by atoms with Gasteiger partial charge in [-0.1, -0.05) is 98.0 Å². The fourth-order valence-corrected chi connectivity index (χ4v) is 13.0. The molecule has 13 heteroatoms. The Kier molecular flexibility index (Phi) is 11.8. The van der Waals surface area contributed by atoms with Crippen LogP contribution in [0.25, 0.3) is 0 Å². The molecule has 2 aliphatic rings. The molecular formula is C46H48N4O8Si. The van der Waals surface area contributed by atoms with E-state index in [0.29, 0.717) is 28.3 Å². The van der Waals surface area contributed by atoms with Gasteiger partial charge in [-0.3, -0.25) is 24.5 Å².